The number of hydrogen-bond acceptors (Lipinski definition) is 4. The molecular formula is C8H6BrNO2S. The van der Waals surface area contributed by atoms with Crippen molar-refractivity contribution in [1.82, 2.24) is 4.98 Å². The standard InChI is InChI=1S/C8H6BrNO2S/c9-7-2-1-6(12-7)5-4-13-8(3-11)10-5/h1-2,4,11H,3H2. The first-order chi connectivity index (χ1) is 6.29. The summed E-state index contributed by atoms with van der Waals surface area (Å²) in [5.74, 6) is 0.711. The molecule has 0 aromatic carbocycles. The van der Waals surface area contributed by atoms with Crippen molar-refractivity contribution in [2.45, 2.75) is 6.61 Å². The van der Waals surface area contributed by atoms with Crippen LogP contribution in [0.4, 0.5) is 0 Å². The highest BCUT2D eigenvalue weighted by molar-refractivity contribution is 9.10. The first kappa shape index (κ1) is 8.93. The topological polar surface area (TPSA) is 46.3 Å². The predicted molar refractivity (Wildman–Crippen MR) is 53.4 cm³/mol. The molecule has 1 N–H and O–H groups in total. The number of furan rings is 1. The van der Waals surface area contributed by atoms with Crippen LogP contribution in [-0.2, 0) is 6.61 Å². The zero-order valence-electron chi connectivity index (χ0n) is 6.53. The Bertz CT molecular complexity index is 410. The Hall–Kier alpha value is -0.650. The Morgan fingerprint density at radius 2 is 2.38 bits per heavy atom. The van der Waals surface area contributed by atoms with Gasteiger partial charge in [-0.1, -0.05) is 0 Å². The molecule has 0 saturated carbocycles. The van der Waals surface area contributed by atoms with E-state index in [4.69, 9.17) is 9.52 Å². The lowest BCUT2D eigenvalue weighted by Gasteiger charge is -1.87. The van der Waals surface area contributed by atoms with E-state index in [2.05, 4.69) is 20.9 Å². The Kier molecular flexibility index (Phi) is 2.48. The van der Waals surface area contributed by atoms with Crippen molar-refractivity contribution in [3.63, 3.8) is 0 Å². The van der Waals surface area contributed by atoms with Gasteiger partial charge in [0.25, 0.3) is 0 Å². The highest BCUT2D eigenvalue weighted by Crippen LogP contribution is 2.26. The zero-order chi connectivity index (χ0) is 9.26. The average Bonchev–Trinajstić information content (AvgIpc) is 2.71. The van der Waals surface area contributed by atoms with Gasteiger partial charge in [0, 0.05) is 5.38 Å². The summed E-state index contributed by atoms with van der Waals surface area (Å²) in [5.41, 5.74) is 0.764. The molecule has 0 saturated heterocycles. The second-order valence-corrected chi connectivity index (χ2v) is 4.11. The van der Waals surface area contributed by atoms with E-state index in [0.717, 1.165) is 5.69 Å². The monoisotopic (exact) mass is 259 g/mol. The number of halogens is 1. The van der Waals surface area contributed by atoms with Crippen LogP contribution in [0.15, 0.2) is 26.6 Å². The molecule has 0 bridgehead atoms. The van der Waals surface area contributed by atoms with E-state index in [1.54, 1.807) is 0 Å². The quantitative estimate of drug-likeness (QED) is 0.902. The fourth-order valence-electron chi connectivity index (χ4n) is 0.949. The van der Waals surface area contributed by atoms with Crippen LogP contribution in [0.1, 0.15) is 5.01 Å². The summed E-state index contributed by atoms with van der Waals surface area (Å²) in [6, 6.07) is 3.65. The number of rotatable bonds is 2. The SMILES string of the molecule is OCc1nc(-c2ccc(Br)o2)cs1. The summed E-state index contributed by atoms with van der Waals surface area (Å²) in [7, 11) is 0. The molecular weight excluding hydrogens is 254 g/mol. The molecule has 2 heterocycles. The summed E-state index contributed by atoms with van der Waals surface area (Å²) >= 11 is 4.63. The number of thiazole rings is 1. The first-order valence-electron chi connectivity index (χ1n) is 3.60. The molecule has 0 amide bonds. The fourth-order valence-corrected chi connectivity index (χ4v) is 1.90. The van der Waals surface area contributed by atoms with Gasteiger partial charge in [-0.15, -0.1) is 11.3 Å². The third kappa shape index (κ3) is 1.82. The molecule has 0 aliphatic heterocycles. The van der Waals surface area contributed by atoms with E-state index >= 15 is 0 Å². The van der Waals surface area contributed by atoms with Gasteiger partial charge in [0.1, 0.15) is 10.7 Å². The fraction of sp³-hybridized carbons (Fsp3) is 0.125. The molecule has 2 rings (SSSR count). The van der Waals surface area contributed by atoms with Gasteiger partial charge in [-0.3, -0.25) is 0 Å². The zero-order valence-corrected chi connectivity index (χ0v) is 8.93. The van der Waals surface area contributed by atoms with Crippen LogP contribution >= 0.6 is 27.3 Å². The molecule has 2 aromatic heterocycles. The number of aliphatic hydroxyl groups excluding tert-OH is 1. The minimum atomic E-state index is -0.0213. The molecule has 0 radical (unpaired) electrons. The van der Waals surface area contributed by atoms with Gasteiger partial charge in [-0.25, -0.2) is 4.98 Å². The van der Waals surface area contributed by atoms with Crippen molar-refractivity contribution < 1.29 is 9.52 Å². The summed E-state index contributed by atoms with van der Waals surface area (Å²) in [6.07, 6.45) is 0. The van der Waals surface area contributed by atoms with Crippen LogP contribution in [0.5, 0.6) is 0 Å². The molecule has 3 nitrogen and oxygen atoms in total. The van der Waals surface area contributed by atoms with Crippen LogP contribution in [0.3, 0.4) is 0 Å². The largest absolute Gasteiger partial charge is 0.448 e. The lowest BCUT2D eigenvalue weighted by molar-refractivity contribution is 0.281. The number of nitrogens with zero attached hydrogens (tertiary/aromatic N) is 1. The molecule has 13 heavy (non-hydrogen) atoms. The van der Waals surface area contributed by atoms with Gasteiger partial charge in [0.2, 0.25) is 0 Å². The summed E-state index contributed by atoms with van der Waals surface area (Å²) in [5, 5.41) is 11.4. The van der Waals surface area contributed by atoms with Crippen molar-refractivity contribution in [3.05, 3.63) is 27.2 Å². The maximum absolute atomic E-state index is 8.81. The molecule has 2 aromatic rings. The Balaban J connectivity index is 2.35. The van der Waals surface area contributed by atoms with Gasteiger partial charge in [-0.05, 0) is 28.1 Å². The third-order valence-corrected chi connectivity index (χ3v) is 2.77. The smallest absolute Gasteiger partial charge is 0.169 e. The van der Waals surface area contributed by atoms with E-state index in [9.17, 15) is 0 Å². The van der Waals surface area contributed by atoms with Gasteiger partial charge in [0.05, 0.1) is 6.61 Å². The number of aliphatic hydroxyl groups is 1. The third-order valence-electron chi connectivity index (χ3n) is 1.51. The van der Waals surface area contributed by atoms with Crippen LogP contribution in [0.25, 0.3) is 11.5 Å². The Morgan fingerprint density at radius 3 is 2.92 bits per heavy atom. The van der Waals surface area contributed by atoms with E-state index < -0.39 is 0 Å². The van der Waals surface area contributed by atoms with E-state index in [-0.39, 0.29) is 6.61 Å². The summed E-state index contributed by atoms with van der Waals surface area (Å²) in [4.78, 5) is 4.17. The minimum absolute atomic E-state index is 0.0213. The van der Waals surface area contributed by atoms with E-state index in [0.29, 0.717) is 15.4 Å². The van der Waals surface area contributed by atoms with Crippen molar-refractivity contribution in [3.8, 4) is 11.5 Å². The number of hydrogen-bond donors (Lipinski definition) is 1. The Morgan fingerprint density at radius 1 is 1.54 bits per heavy atom. The van der Waals surface area contributed by atoms with Crippen molar-refractivity contribution in [2.24, 2.45) is 0 Å². The summed E-state index contributed by atoms with van der Waals surface area (Å²) < 4.78 is 5.99. The van der Waals surface area contributed by atoms with Gasteiger partial charge >= 0.3 is 0 Å². The Labute approximate surface area is 87.2 Å². The highest BCUT2D eigenvalue weighted by Gasteiger charge is 2.07. The van der Waals surface area contributed by atoms with Gasteiger partial charge in [-0.2, -0.15) is 0 Å². The second kappa shape index (κ2) is 3.61. The van der Waals surface area contributed by atoms with E-state index in [1.807, 2.05) is 17.5 Å². The first-order valence-corrected chi connectivity index (χ1v) is 5.28. The van der Waals surface area contributed by atoms with Crippen molar-refractivity contribution >= 4 is 27.3 Å². The molecule has 0 unspecified atom stereocenters. The molecule has 68 valence electrons. The van der Waals surface area contributed by atoms with Crippen LogP contribution in [0, 0.1) is 0 Å². The lowest BCUT2D eigenvalue weighted by atomic mass is 10.4. The average molecular weight is 260 g/mol. The number of aromatic nitrogens is 1. The molecule has 0 fully saturated rings. The van der Waals surface area contributed by atoms with Gasteiger partial charge < -0.3 is 9.52 Å². The van der Waals surface area contributed by atoms with E-state index in [1.165, 1.54) is 11.3 Å². The van der Waals surface area contributed by atoms with Crippen LogP contribution in [-0.4, -0.2) is 10.1 Å². The van der Waals surface area contributed by atoms with Gasteiger partial charge in [0.15, 0.2) is 10.4 Å². The highest BCUT2D eigenvalue weighted by atomic mass is 79.9. The van der Waals surface area contributed by atoms with Crippen molar-refractivity contribution in [2.75, 3.05) is 0 Å². The molecule has 0 aliphatic rings. The molecule has 0 aliphatic carbocycles. The lowest BCUT2D eigenvalue weighted by Crippen LogP contribution is -1.80. The minimum Gasteiger partial charge on any atom is -0.448 e. The maximum Gasteiger partial charge on any atom is 0.169 e. The van der Waals surface area contributed by atoms with Crippen molar-refractivity contribution in [1.29, 1.82) is 0 Å². The molecule has 0 spiro atoms. The molecule has 5 heteroatoms. The normalized spacial score (nSPS) is 10.6. The predicted octanol–water partition coefficient (Wildman–Crippen LogP) is 2.66. The second-order valence-electron chi connectivity index (χ2n) is 2.39. The van der Waals surface area contributed by atoms with Crippen LogP contribution < -0.4 is 0 Å². The molecule has 0 atom stereocenters. The van der Waals surface area contributed by atoms with Crippen LogP contribution in [0.2, 0.25) is 0 Å². The summed E-state index contributed by atoms with van der Waals surface area (Å²) in [6.45, 7) is -0.0213. The maximum atomic E-state index is 8.81.